The van der Waals surface area contributed by atoms with E-state index in [0.717, 1.165) is 5.56 Å². The highest BCUT2D eigenvalue weighted by Crippen LogP contribution is 2.22. The van der Waals surface area contributed by atoms with Gasteiger partial charge in [0.2, 0.25) is 5.91 Å². The highest BCUT2D eigenvalue weighted by Gasteiger charge is 2.32. The minimum atomic E-state index is -0.371. The molecule has 1 saturated heterocycles. The summed E-state index contributed by atoms with van der Waals surface area (Å²) in [7, 11) is 1.35. The molecule has 1 heterocycles. The van der Waals surface area contributed by atoms with Crippen LogP contribution >= 0.6 is 0 Å². The van der Waals surface area contributed by atoms with E-state index in [1.165, 1.54) is 19.2 Å². The van der Waals surface area contributed by atoms with E-state index < -0.39 is 0 Å². The molecular weight excluding hydrogens is 335 g/mol. The van der Waals surface area contributed by atoms with Gasteiger partial charge in [0.25, 0.3) is 0 Å². The number of methoxy groups -OCH3 is 1. The summed E-state index contributed by atoms with van der Waals surface area (Å²) in [5.74, 6) is -0.770. The Morgan fingerprint density at radius 1 is 1.19 bits per heavy atom. The van der Waals surface area contributed by atoms with E-state index in [1.807, 2.05) is 19.1 Å². The van der Waals surface area contributed by atoms with Crippen LogP contribution in [0.3, 0.4) is 0 Å². The van der Waals surface area contributed by atoms with Crippen LogP contribution in [0.1, 0.15) is 22.8 Å². The smallest absolute Gasteiger partial charge is 0.337 e. The SMILES string of the molecule is COC(=O)c1ccc(CN2CCN(c3cccc(F)c3)C(=O)C2C)cc1. The van der Waals surface area contributed by atoms with Gasteiger partial charge in [-0.15, -0.1) is 0 Å². The number of amides is 1. The first-order chi connectivity index (χ1) is 12.5. The number of carbonyl (C=O) groups is 2. The van der Waals surface area contributed by atoms with Crippen LogP contribution in [0.15, 0.2) is 48.5 Å². The maximum absolute atomic E-state index is 13.4. The molecule has 6 heteroatoms. The molecule has 0 saturated carbocycles. The van der Waals surface area contributed by atoms with Crippen molar-refractivity contribution in [2.75, 3.05) is 25.1 Å². The summed E-state index contributed by atoms with van der Waals surface area (Å²) < 4.78 is 18.1. The summed E-state index contributed by atoms with van der Waals surface area (Å²) in [4.78, 5) is 27.9. The van der Waals surface area contributed by atoms with E-state index >= 15 is 0 Å². The van der Waals surface area contributed by atoms with Gasteiger partial charge in [-0.1, -0.05) is 18.2 Å². The van der Waals surface area contributed by atoms with Crippen molar-refractivity contribution in [2.24, 2.45) is 0 Å². The zero-order chi connectivity index (χ0) is 18.7. The third kappa shape index (κ3) is 3.75. The topological polar surface area (TPSA) is 49.9 Å². The average Bonchev–Trinajstić information content (AvgIpc) is 2.65. The second kappa shape index (κ2) is 7.66. The summed E-state index contributed by atoms with van der Waals surface area (Å²) in [5, 5.41) is 0. The first kappa shape index (κ1) is 18.1. The molecule has 0 N–H and O–H groups in total. The fraction of sp³-hybridized carbons (Fsp3) is 0.300. The molecule has 3 rings (SSSR count). The lowest BCUT2D eigenvalue weighted by molar-refractivity contribution is -0.125. The standard InChI is InChI=1S/C20H21FN2O3/c1-14-19(24)23(18-5-3-4-17(21)12-18)11-10-22(14)13-15-6-8-16(9-7-15)20(25)26-2/h3-9,12,14H,10-11,13H2,1-2H3. The summed E-state index contributed by atoms with van der Waals surface area (Å²) in [6.07, 6.45) is 0. The van der Waals surface area contributed by atoms with Crippen molar-refractivity contribution in [3.05, 3.63) is 65.5 Å². The molecule has 1 aliphatic rings. The number of nitrogens with zero attached hydrogens (tertiary/aromatic N) is 2. The van der Waals surface area contributed by atoms with Gasteiger partial charge in [0.15, 0.2) is 0 Å². The van der Waals surface area contributed by atoms with Gasteiger partial charge in [-0.05, 0) is 42.8 Å². The van der Waals surface area contributed by atoms with Crippen LogP contribution in [0.25, 0.3) is 0 Å². The van der Waals surface area contributed by atoms with Crippen molar-refractivity contribution in [3.8, 4) is 0 Å². The van der Waals surface area contributed by atoms with E-state index in [4.69, 9.17) is 4.74 Å². The Morgan fingerprint density at radius 3 is 2.58 bits per heavy atom. The van der Waals surface area contributed by atoms with Gasteiger partial charge in [0.05, 0.1) is 18.7 Å². The maximum Gasteiger partial charge on any atom is 0.337 e. The zero-order valence-corrected chi connectivity index (χ0v) is 14.8. The molecule has 1 unspecified atom stereocenters. The van der Waals surface area contributed by atoms with Crippen molar-refractivity contribution in [2.45, 2.75) is 19.5 Å². The first-order valence-electron chi connectivity index (χ1n) is 8.48. The fourth-order valence-corrected chi connectivity index (χ4v) is 3.13. The predicted octanol–water partition coefficient (Wildman–Crippen LogP) is 2.85. The van der Waals surface area contributed by atoms with Crippen LogP contribution in [0, 0.1) is 5.82 Å². The van der Waals surface area contributed by atoms with Gasteiger partial charge in [-0.3, -0.25) is 9.69 Å². The number of piperazine rings is 1. The van der Waals surface area contributed by atoms with E-state index in [-0.39, 0.29) is 23.7 Å². The van der Waals surface area contributed by atoms with Gasteiger partial charge in [-0.2, -0.15) is 0 Å². The number of hydrogen-bond donors (Lipinski definition) is 0. The highest BCUT2D eigenvalue weighted by atomic mass is 19.1. The second-order valence-corrected chi connectivity index (χ2v) is 6.30. The van der Waals surface area contributed by atoms with Crippen LogP contribution in [-0.4, -0.2) is 43.0 Å². The Hall–Kier alpha value is -2.73. The van der Waals surface area contributed by atoms with E-state index in [9.17, 15) is 14.0 Å². The van der Waals surface area contributed by atoms with Crippen molar-refractivity contribution >= 4 is 17.6 Å². The highest BCUT2D eigenvalue weighted by molar-refractivity contribution is 5.97. The molecule has 26 heavy (non-hydrogen) atoms. The van der Waals surface area contributed by atoms with Crippen LogP contribution in [0.2, 0.25) is 0 Å². The lowest BCUT2D eigenvalue weighted by Gasteiger charge is -2.39. The molecule has 5 nitrogen and oxygen atoms in total. The fourth-order valence-electron chi connectivity index (χ4n) is 3.13. The molecule has 0 radical (unpaired) electrons. The Labute approximate surface area is 152 Å². The third-order valence-corrected chi connectivity index (χ3v) is 4.66. The largest absolute Gasteiger partial charge is 0.465 e. The Morgan fingerprint density at radius 2 is 1.92 bits per heavy atom. The lowest BCUT2D eigenvalue weighted by Crippen LogP contribution is -2.55. The second-order valence-electron chi connectivity index (χ2n) is 6.30. The summed E-state index contributed by atoms with van der Waals surface area (Å²) in [5.41, 5.74) is 2.09. The van der Waals surface area contributed by atoms with E-state index in [1.54, 1.807) is 29.2 Å². The minimum absolute atomic E-state index is 0.0481. The monoisotopic (exact) mass is 356 g/mol. The Balaban J connectivity index is 1.68. The Kier molecular flexibility index (Phi) is 5.32. The number of ether oxygens (including phenoxy) is 1. The van der Waals surface area contributed by atoms with Crippen LogP contribution < -0.4 is 4.90 Å². The number of benzene rings is 2. The summed E-state index contributed by atoms with van der Waals surface area (Å²) in [6.45, 7) is 3.65. The third-order valence-electron chi connectivity index (χ3n) is 4.66. The Bertz CT molecular complexity index is 807. The average molecular weight is 356 g/mol. The van der Waals surface area contributed by atoms with Gasteiger partial charge in [-0.25, -0.2) is 9.18 Å². The molecule has 1 aliphatic heterocycles. The van der Waals surface area contributed by atoms with Gasteiger partial charge >= 0.3 is 5.97 Å². The van der Waals surface area contributed by atoms with E-state index in [2.05, 4.69) is 4.90 Å². The molecule has 2 aromatic carbocycles. The number of hydrogen-bond acceptors (Lipinski definition) is 4. The number of halogens is 1. The first-order valence-corrected chi connectivity index (χ1v) is 8.48. The van der Waals surface area contributed by atoms with Crippen molar-refractivity contribution in [1.82, 2.24) is 4.90 Å². The number of anilines is 1. The van der Waals surface area contributed by atoms with Gasteiger partial charge in [0, 0.05) is 25.3 Å². The summed E-state index contributed by atoms with van der Waals surface area (Å²) in [6, 6.07) is 13.0. The quantitative estimate of drug-likeness (QED) is 0.791. The lowest BCUT2D eigenvalue weighted by atomic mass is 10.1. The predicted molar refractivity (Wildman–Crippen MR) is 96.4 cm³/mol. The molecule has 2 aromatic rings. The molecule has 0 aromatic heterocycles. The van der Waals surface area contributed by atoms with Gasteiger partial charge in [0.1, 0.15) is 5.82 Å². The number of esters is 1. The minimum Gasteiger partial charge on any atom is -0.465 e. The van der Waals surface area contributed by atoms with Gasteiger partial charge < -0.3 is 9.64 Å². The molecule has 0 aliphatic carbocycles. The number of rotatable bonds is 4. The molecule has 1 atom stereocenters. The molecule has 0 bridgehead atoms. The van der Waals surface area contributed by atoms with Crippen LogP contribution in [0.4, 0.5) is 10.1 Å². The van der Waals surface area contributed by atoms with Crippen molar-refractivity contribution in [3.63, 3.8) is 0 Å². The maximum atomic E-state index is 13.4. The molecule has 136 valence electrons. The van der Waals surface area contributed by atoms with E-state index in [0.29, 0.717) is 30.9 Å². The summed E-state index contributed by atoms with van der Waals surface area (Å²) >= 11 is 0. The molecule has 0 spiro atoms. The van der Waals surface area contributed by atoms with Crippen LogP contribution in [-0.2, 0) is 16.1 Å². The zero-order valence-electron chi connectivity index (χ0n) is 14.8. The molecule has 1 amide bonds. The van der Waals surface area contributed by atoms with Crippen LogP contribution in [0.5, 0.6) is 0 Å². The normalized spacial score (nSPS) is 18.0. The van der Waals surface area contributed by atoms with Crippen molar-refractivity contribution < 1.29 is 18.7 Å². The molecule has 1 fully saturated rings. The van der Waals surface area contributed by atoms with Crippen molar-refractivity contribution in [1.29, 1.82) is 0 Å². The molecular formula is C20H21FN2O3. The number of carbonyl (C=O) groups excluding carboxylic acids is 2.